The predicted molar refractivity (Wildman–Crippen MR) is 38.2 cm³/mol. The first kappa shape index (κ1) is 8.99. The molecule has 10 heavy (non-hydrogen) atoms. The Morgan fingerprint density at radius 1 is 1.70 bits per heavy atom. The normalized spacial score (nSPS) is 9.90. The van der Waals surface area contributed by atoms with Gasteiger partial charge in [-0.2, -0.15) is 0 Å². The van der Waals surface area contributed by atoms with Crippen molar-refractivity contribution in [2.24, 2.45) is 11.1 Å². The summed E-state index contributed by atoms with van der Waals surface area (Å²) in [6.07, 6.45) is 0. The van der Waals surface area contributed by atoms with E-state index in [-0.39, 0.29) is 0 Å². The molecule has 0 aliphatic carbocycles. The van der Waals surface area contributed by atoms with Gasteiger partial charge in [0.1, 0.15) is 0 Å². The van der Waals surface area contributed by atoms with E-state index in [0.29, 0.717) is 6.54 Å². The van der Waals surface area contributed by atoms with Gasteiger partial charge in [-0.25, -0.2) is 4.79 Å². The smallest absolute Gasteiger partial charge is 0.381 e. The summed E-state index contributed by atoms with van der Waals surface area (Å²) in [6, 6.07) is 0. The van der Waals surface area contributed by atoms with Gasteiger partial charge in [0.2, 0.25) is 0 Å². The molecule has 0 spiro atoms. The summed E-state index contributed by atoms with van der Waals surface area (Å²) in [6.45, 7) is 3.96. The molecule has 0 radical (unpaired) electrons. The second-order valence-corrected chi connectivity index (χ2v) is 2.64. The Balaban J connectivity index is 4.15. The summed E-state index contributed by atoms with van der Waals surface area (Å²) in [7, 11) is 0. The molecule has 3 nitrogen and oxygen atoms in total. The molecule has 0 amide bonds. The first-order valence-corrected chi connectivity index (χ1v) is 2.94. The van der Waals surface area contributed by atoms with Gasteiger partial charge >= 0.3 is 5.97 Å². The van der Waals surface area contributed by atoms with Gasteiger partial charge in [0, 0.05) is 17.9 Å². The van der Waals surface area contributed by atoms with Crippen molar-refractivity contribution in [2.45, 2.75) is 13.8 Å². The third-order valence-corrected chi connectivity index (χ3v) is 1.02. The number of aliphatic carboxylic acids is 1. The lowest BCUT2D eigenvalue weighted by Crippen LogP contribution is -2.21. The highest BCUT2D eigenvalue weighted by Gasteiger charge is 2.10. The van der Waals surface area contributed by atoms with Crippen molar-refractivity contribution >= 4 is 5.97 Å². The highest BCUT2D eigenvalue weighted by atomic mass is 16.4. The van der Waals surface area contributed by atoms with Gasteiger partial charge in [0.05, 0.1) is 0 Å². The SMILES string of the molecule is CC(C)(C#CC(=O)O)CN. The lowest BCUT2D eigenvalue weighted by atomic mass is 9.95. The Kier molecular flexibility index (Phi) is 2.91. The number of carbonyl (C=O) groups is 1. The van der Waals surface area contributed by atoms with Crippen molar-refractivity contribution < 1.29 is 9.90 Å². The second-order valence-electron chi connectivity index (χ2n) is 2.64. The van der Waals surface area contributed by atoms with Crippen LogP contribution in [0.15, 0.2) is 0 Å². The molecule has 3 heteroatoms. The second kappa shape index (κ2) is 3.23. The lowest BCUT2D eigenvalue weighted by molar-refractivity contribution is -0.130. The summed E-state index contributed by atoms with van der Waals surface area (Å²) in [5.41, 5.74) is 4.91. The molecule has 3 N–H and O–H groups in total. The Morgan fingerprint density at radius 2 is 2.20 bits per heavy atom. The number of carboxylic acids is 1. The molecule has 0 aromatic carbocycles. The molecule has 0 saturated heterocycles. The number of rotatable bonds is 1. The topological polar surface area (TPSA) is 63.3 Å². The van der Waals surface area contributed by atoms with Crippen molar-refractivity contribution in [3.05, 3.63) is 0 Å². The number of hydrogen-bond donors (Lipinski definition) is 2. The van der Waals surface area contributed by atoms with Gasteiger partial charge in [-0.3, -0.25) is 0 Å². The van der Waals surface area contributed by atoms with Gasteiger partial charge in [-0.15, -0.1) is 0 Å². The molecule has 0 saturated carbocycles. The van der Waals surface area contributed by atoms with Crippen LogP contribution < -0.4 is 5.73 Å². The van der Waals surface area contributed by atoms with E-state index in [1.165, 1.54) is 0 Å². The van der Waals surface area contributed by atoms with Gasteiger partial charge < -0.3 is 10.8 Å². The zero-order valence-electron chi connectivity index (χ0n) is 6.14. The monoisotopic (exact) mass is 141 g/mol. The highest BCUT2D eigenvalue weighted by molar-refractivity contribution is 5.86. The fraction of sp³-hybridized carbons (Fsp3) is 0.571. The van der Waals surface area contributed by atoms with Crippen LogP contribution in [-0.4, -0.2) is 17.6 Å². The summed E-state index contributed by atoms with van der Waals surface area (Å²) < 4.78 is 0. The maximum Gasteiger partial charge on any atom is 0.381 e. The van der Waals surface area contributed by atoms with Crippen molar-refractivity contribution in [1.29, 1.82) is 0 Å². The van der Waals surface area contributed by atoms with Gasteiger partial charge in [0.15, 0.2) is 0 Å². The van der Waals surface area contributed by atoms with E-state index in [1.807, 2.05) is 5.92 Å². The minimum absolute atomic E-state index is 0.368. The van der Waals surface area contributed by atoms with Crippen LogP contribution >= 0.6 is 0 Å². The number of nitrogens with two attached hydrogens (primary N) is 1. The number of carboxylic acid groups (broad SMARTS) is 1. The summed E-state index contributed by atoms with van der Waals surface area (Å²) in [5.74, 6) is 3.45. The van der Waals surface area contributed by atoms with E-state index in [9.17, 15) is 4.79 Å². The zero-order valence-corrected chi connectivity index (χ0v) is 6.14. The van der Waals surface area contributed by atoms with Crippen LogP contribution in [0.3, 0.4) is 0 Å². The lowest BCUT2D eigenvalue weighted by Gasteiger charge is -2.12. The van der Waals surface area contributed by atoms with E-state index >= 15 is 0 Å². The number of hydrogen-bond acceptors (Lipinski definition) is 2. The molecule has 0 atom stereocenters. The minimum atomic E-state index is -1.11. The zero-order chi connectivity index (χ0) is 8.20. The fourth-order valence-corrected chi connectivity index (χ4v) is 0.274. The molecule has 0 unspecified atom stereocenters. The van der Waals surface area contributed by atoms with Gasteiger partial charge in [-0.1, -0.05) is 5.92 Å². The van der Waals surface area contributed by atoms with E-state index in [1.54, 1.807) is 13.8 Å². The van der Waals surface area contributed by atoms with Crippen LogP contribution in [0.25, 0.3) is 0 Å². The molecule has 0 aromatic rings. The molecule has 0 bridgehead atoms. The predicted octanol–water partition coefficient (Wildman–Crippen LogP) is 0.0593. The van der Waals surface area contributed by atoms with Crippen LogP contribution in [-0.2, 0) is 4.79 Å². The van der Waals surface area contributed by atoms with Crippen molar-refractivity contribution in [2.75, 3.05) is 6.54 Å². The molecular formula is C7H11NO2. The van der Waals surface area contributed by atoms with E-state index < -0.39 is 11.4 Å². The van der Waals surface area contributed by atoms with Crippen molar-refractivity contribution in [3.63, 3.8) is 0 Å². The van der Waals surface area contributed by atoms with Crippen LogP contribution in [0.4, 0.5) is 0 Å². The molecule has 0 fully saturated rings. The maximum absolute atomic E-state index is 9.95. The van der Waals surface area contributed by atoms with Crippen LogP contribution in [0, 0.1) is 17.3 Å². The Labute approximate surface area is 60.2 Å². The standard InChI is InChI=1S/C7H11NO2/c1-7(2,5-8)4-3-6(9)10/h5,8H2,1-2H3,(H,9,10). The van der Waals surface area contributed by atoms with Crippen molar-refractivity contribution in [3.8, 4) is 11.8 Å². The van der Waals surface area contributed by atoms with E-state index in [0.717, 1.165) is 0 Å². The minimum Gasteiger partial charge on any atom is -0.472 e. The molecular weight excluding hydrogens is 130 g/mol. The third kappa shape index (κ3) is 3.93. The Bertz CT molecular complexity index is 186. The first-order chi connectivity index (χ1) is 4.48. The quantitative estimate of drug-likeness (QED) is 0.507. The molecule has 56 valence electrons. The summed E-state index contributed by atoms with van der Waals surface area (Å²) in [4.78, 5) is 9.95. The third-order valence-electron chi connectivity index (χ3n) is 1.02. The average molecular weight is 141 g/mol. The molecule has 0 rings (SSSR count). The Hall–Kier alpha value is -1.01. The van der Waals surface area contributed by atoms with Crippen molar-refractivity contribution in [1.82, 2.24) is 0 Å². The largest absolute Gasteiger partial charge is 0.472 e. The molecule has 0 heterocycles. The maximum atomic E-state index is 9.95. The van der Waals surface area contributed by atoms with Gasteiger partial charge in [-0.05, 0) is 13.8 Å². The highest BCUT2D eigenvalue weighted by Crippen LogP contribution is 2.08. The van der Waals surface area contributed by atoms with Crippen LogP contribution in [0.1, 0.15) is 13.8 Å². The fourth-order valence-electron chi connectivity index (χ4n) is 0.274. The van der Waals surface area contributed by atoms with Crippen LogP contribution in [0.2, 0.25) is 0 Å². The first-order valence-electron chi connectivity index (χ1n) is 2.94. The molecule has 0 aliphatic rings. The average Bonchev–Trinajstić information content (AvgIpc) is 1.85. The Morgan fingerprint density at radius 3 is 2.50 bits per heavy atom. The molecule has 0 aromatic heterocycles. The van der Waals surface area contributed by atoms with E-state index in [4.69, 9.17) is 10.8 Å². The van der Waals surface area contributed by atoms with Crippen LogP contribution in [0.5, 0.6) is 0 Å². The molecule has 0 aliphatic heterocycles. The van der Waals surface area contributed by atoms with Gasteiger partial charge in [0.25, 0.3) is 0 Å². The summed E-state index contributed by atoms with van der Waals surface area (Å²) >= 11 is 0. The van der Waals surface area contributed by atoms with E-state index in [2.05, 4.69) is 5.92 Å². The summed E-state index contributed by atoms with van der Waals surface area (Å²) in [5, 5.41) is 8.16.